The molecule has 166 valence electrons. The van der Waals surface area contributed by atoms with Gasteiger partial charge in [0.25, 0.3) is 5.91 Å². The summed E-state index contributed by atoms with van der Waals surface area (Å²) in [5.74, 6) is 0.719. The number of likely N-dealkylation sites (tertiary alicyclic amines) is 1. The zero-order valence-corrected chi connectivity index (χ0v) is 19.9. The summed E-state index contributed by atoms with van der Waals surface area (Å²) in [5.41, 5.74) is 0.648. The number of hydrogen-bond acceptors (Lipinski definition) is 4. The minimum absolute atomic E-state index is 0.00680. The van der Waals surface area contributed by atoms with E-state index < -0.39 is 0 Å². The van der Waals surface area contributed by atoms with Gasteiger partial charge in [-0.05, 0) is 69.2 Å². The lowest BCUT2D eigenvalue weighted by molar-refractivity contribution is -0.121. The van der Waals surface area contributed by atoms with Crippen molar-refractivity contribution in [2.24, 2.45) is 0 Å². The van der Waals surface area contributed by atoms with E-state index in [1.165, 1.54) is 11.8 Å². The number of benzene rings is 2. The normalized spacial score (nSPS) is 15.4. The molecule has 2 aromatic rings. The van der Waals surface area contributed by atoms with Crippen molar-refractivity contribution in [2.75, 3.05) is 19.7 Å². The van der Waals surface area contributed by atoms with Gasteiger partial charge in [0.15, 0.2) is 0 Å². The first-order valence-corrected chi connectivity index (χ1v) is 11.9. The van der Waals surface area contributed by atoms with Crippen molar-refractivity contribution in [2.45, 2.75) is 42.9 Å². The van der Waals surface area contributed by atoms with Gasteiger partial charge in [0.1, 0.15) is 5.75 Å². The molecular weight excluding hydrogens is 455 g/mol. The first-order valence-electron chi connectivity index (χ1n) is 10.3. The van der Waals surface area contributed by atoms with Crippen LogP contribution in [0.2, 0.25) is 10.0 Å². The Labute approximate surface area is 197 Å². The Morgan fingerprint density at radius 1 is 1.16 bits per heavy atom. The van der Waals surface area contributed by atoms with Crippen LogP contribution >= 0.6 is 35.0 Å². The Hall–Kier alpha value is -1.89. The molecule has 2 amide bonds. The summed E-state index contributed by atoms with van der Waals surface area (Å²) in [6.07, 6.45) is 1.45. The fourth-order valence-corrected chi connectivity index (χ4v) is 4.82. The molecule has 1 fully saturated rings. The molecule has 5 nitrogen and oxygen atoms in total. The number of ether oxygens (including phenoxy) is 1. The van der Waals surface area contributed by atoms with Crippen molar-refractivity contribution in [3.8, 4) is 5.75 Å². The molecule has 0 bridgehead atoms. The molecule has 1 heterocycles. The van der Waals surface area contributed by atoms with Gasteiger partial charge < -0.3 is 15.0 Å². The van der Waals surface area contributed by atoms with Crippen molar-refractivity contribution < 1.29 is 14.3 Å². The van der Waals surface area contributed by atoms with Gasteiger partial charge in [0, 0.05) is 34.6 Å². The van der Waals surface area contributed by atoms with E-state index in [1.807, 2.05) is 30.9 Å². The fraction of sp³-hybridized carbons (Fsp3) is 0.391. The smallest absolute Gasteiger partial charge is 0.253 e. The van der Waals surface area contributed by atoms with Crippen molar-refractivity contribution in [1.29, 1.82) is 0 Å². The predicted octanol–water partition coefficient (Wildman–Crippen LogP) is 5.29. The third-order valence-electron chi connectivity index (χ3n) is 5.11. The SMILES string of the molecule is CCOc1ccc(C(=O)N2CCC(NC(=O)C(C)Sc3cc(Cl)ccc3Cl)CC2)cc1. The molecule has 31 heavy (non-hydrogen) atoms. The second-order valence-corrected chi connectivity index (χ2v) is 9.59. The van der Waals surface area contributed by atoms with Crippen molar-refractivity contribution in [1.82, 2.24) is 10.2 Å². The topological polar surface area (TPSA) is 58.6 Å². The summed E-state index contributed by atoms with van der Waals surface area (Å²) in [5, 5.41) is 3.96. The molecule has 0 spiro atoms. The minimum atomic E-state index is -0.306. The zero-order chi connectivity index (χ0) is 22.4. The predicted molar refractivity (Wildman–Crippen MR) is 126 cm³/mol. The van der Waals surface area contributed by atoms with E-state index in [0.717, 1.165) is 23.5 Å². The van der Waals surface area contributed by atoms with Gasteiger partial charge in [-0.1, -0.05) is 23.2 Å². The number of carbonyl (C=O) groups excluding carboxylic acids is 2. The summed E-state index contributed by atoms with van der Waals surface area (Å²) in [7, 11) is 0. The summed E-state index contributed by atoms with van der Waals surface area (Å²) >= 11 is 13.6. The molecule has 1 N–H and O–H groups in total. The van der Waals surface area contributed by atoms with Gasteiger partial charge in [-0.2, -0.15) is 0 Å². The van der Waals surface area contributed by atoms with Crippen LogP contribution in [0.5, 0.6) is 5.75 Å². The Balaban J connectivity index is 1.48. The van der Waals surface area contributed by atoms with E-state index >= 15 is 0 Å². The molecule has 1 atom stereocenters. The maximum absolute atomic E-state index is 12.7. The number of nitrogens with one attached hydrogen (secondary N) is 1. The van der Waals surface area contributed by atoms with E-state index in [-0.39, 0.29) is 23.1 Å². The number of thioether (sulfide) groups is 1. The van der Waals surface area contributed by atoms with Crippen molar-refractivity contribution >= 4 is 46.8 Å². The van der Waals surface area contributed by atoms with Gasteiger partial charge in [0.2, 0.25) is 5.91 Å². The summed E-state index contributed by atoms with van der Waals surface area (Å²) < 4.78 is 5.43. The van der Waals surface area contributed by atoms with Crippen LogP contribution in [0.4, 0.5) is 0 Å². The molecule has 1 aliphatic heterocycles. The van der Waals surface area contributed by atoms with Crippen molar-refractivity contribution in [3.05, 3.63) is 58.1 Å². The number of halogens is 2. The number of amides is 2. The number of nitrogens with zero attached hydrogens (tertiary/aromatic N) is 1. The maximum Gasteiger partial charge on any atom is 0.253 e. The molecule has 0 saturated carbocycles. The van der Waals surface area contributed by atoms with Crippen LogP contribution in [0.15, 0.2) is 47.4 Å². The second-order valence-electron chi connectivity index (χ2n) is 7.37. The molecule has 1 aliphatic rings. The van der Waals surface area contributed by atoms with Crippen molar-refractivity contribution in [3.63, 3.8) is 0 Å². The first-order chi connectivity index (χ1) is 14.9. The minimum Gasteiger partial charge on any atom is -0.494 e. The van der Waals surface area contributed by atoms with Gasteiger partial charge in [0.05, 0.1) is 16.9 Å². The highest BCUT2D eigenvalue weighted by molar-refractivity contribution is 8.00. The second kappa shape index (κ2) is 11.1. The molecule has 8 heteroatoms. The molecular formula is C23H26Cl2N2O3S. The third-order valence-corrected chi connectivity index (χ3v) is 6.94. The number of hydrogen-bond donors (Lipinski definition) is 1. The van der Waals surface area contributed by atoms with Gasteiger partial charge in [-0.3, -0.25) is 9.59 Å². The number of rotatable bonds is 7. The Morgan fingerprint density at radius 2 is 1.84 bits per heavy atom. The monoisotopic (exact) mass is 480 g/mol. The van der Waals surface area contributed by atoms with Crippen LogP contribution in [-0.2, 0) is 4.79 Å². The van der Waals surface area contributed by atoms with E-state index in [4.69, 9.17) is 27.9 Å². The van der Waals surface area contributed by atoms with Gasteiger partial charge >= 0.3 is 0 Å². The highest BCUT2D eigenvalue weighted by atomic mass is 35.5. The first kappa shape index (κ1) is 23.8. The summed E-state index contributed by atoms with van der Waals surface area (Å²) in [6.45, 7) is 5.59. The summed E-state index contributed by atoms with van der Waals surface area (Å²) in [4.78, 5) is 28.0. The van der Waals surface area contributed by atoms with Gasteiger partial charge in [-0.25, -0.2) is 0 Å². The Kier molecular flexibility index (Phi) is 8.52. The number of carbonyl (C=O) groups is 2. The lowest BCUT2D eigenvalue weighted by Crippen LogP contribution is -2.48. The third kappa shape index (κ3) is 6.55. The van der Waals surface area contributed by atoms with Crippen LogP contribution in [0.25, 0.3) is 0 Å². The van der Waals surface area contributed by atoms with E-state index in [9.17, 15) is 9.59 Å². The van der Waals surface area contributed by atoms with Crippen LogP contribution in [0, 0.1) is 0 Å². The van der Waals surface area contributed by atoms with Crippen LogP contribution in [-0.4, -0.2) is 47.7 Å². The van der Waals surface area contributed by atoms with Gasteiger partial charge in [-0.15, -0.1) is 11.8 Å². The zero-order valence-electron chi connectivity index (χ0n) is 17.6. The highest BCUT2D eigenvalue weighted by Gasteiger charge is 2.26. The standard InChI is InChI=1S/C23H26Cl2N2O3S/c1-3-30-19-7-4-16(5-8-19)23(29)27-12-10-18(11-13-27)26-22(28)15(2)31-21-14-17(24)6-9-20(21)25/h4-9,14-15,18H,3,10-13H2,1-2H3,(H,26,28). The lowest BCUT2D eigenvalue weighted by Gasteiger charge is -2.33. The molecule has 0 aromatic heterocycles. The van der Waals surface area contributed by atoms with E-state index in [0.29, 0.717) is 35.3 Å². The summed E-state index contributed by atoms with van der Waals surface area (Å²) in [6, 6.07) is 12.5. The van der Waals surface area contributed by atoms with Crippen LogP contribution in [0.3, 0.4) is 0 Å². The molecule has 3 rings (SSSR count). The average Bonchev–Trinajstić information content (AvgIpc) is 2.77. The molecule has 0 aliphatic carbocycles. The maximum atomic E-state index is 12.7. The lowest BCUT2D eigenvalue weighted by atomic mass is 10.0. The van der Waals surface area contributed by atoms with E-state index in [1.54, 1.807) is 30.3 Å². The Bertz CT molecular complexity index is 916. The quantitative estimate of drug-likeness (QED) is 0.546. The fourth-order valence-electron chi connectivity index (χ4n) is 3.40. The molecule has 1 saturated heterocycles. The van der Waals surface area contributed by atoms with E-state index in [2.05, 4.69) is 5.32 Å². The molecule has 1 unspecified atom stereocenters. The number of piperidine rings is 1. The van der Waals surface area contributed by atoms with Crippen LogP contribution in [0.1, 0.15) is 37.0 Å². The van der Waals surface area contributed by atoms with Crippen LogP contribution < -0.4 is 10.1 Å². The highest BCUT2D eigenvalue weighted by Crippen LogP contribution is 2.32. The Morgan fingerprint density at radius 3 is 2.48 bits per heavy atom. The molecule has 2 aromatic carbocycles. The largest absolute Gasteiger partial charge is 0.494 e. The molecule has 0 radical (unpaired) electrons. The average molecular weight is 481 g/mol.